The van der Waals surface area contributed by atoms with Crippen LogP contribution in [0.1, 0.15) is 12.5 Å². The first-order chi connectivity index (χ1) is 13.5. The van der Waals surface area contributed by atoms with Crippen LogP contribution in [0, 0.1) is 11.3 Å². The van der Waals surface area contributed by atoms with E-state index in [4.69, 9.17) is 16.3 Å². The highest BCUT2D eigenvalue weighted by molar-refractivity contribution is 8.00. The first-order valence-electron chi connectivity index (χ1n) is 8.65. The Labute approximate surface area is 172 Å². The van der Waals surface area contributed by atoms with Gasteiger partial charge in [-0.1, -0.05) is 35.5 Å². The van der Waals surface area contributed by atoms with Crippen molar-refractivity contribution in [3.63, 3.8) is 0 Å². The molecule has 1 heterocycles. The van der Waals surface area contributed by atoms with Crippen LogP contribution in [0.15, 0.2) is 47.6 Å². The third-order valence-electron chi connectivity index (χ3n) is 4.15. The van der Waals surface area contributed by atoms with Gasteiger partial charge in [-0.15, -0.1) is 0 Å². The minimum absolute atomic E-state index is 0.198. The highest BCUT2D eigenvalue weighted by Gasteiger charge is 2.20. The Kier molecular flexibility index (Phi) is 6.57. The fourth-order valence-corrected chi connectivity index (χ4v) is 3.82. The third kappa shape index (κ3) is 4.47. The zero-order valence-corrected chi connectivity index (χ0v) is 17.0. The molecule has 28 heavy (non-hydrogen) atoms. The van der Waals surface area contributed by atoms with Crippen molar-refractivity contribution < 1.29 is 9.53 Å². The molecule has 144 valence electrons. The zero-order chi connectivity index (χ0) is 20.1. The van der Waals surface area contributed by atoms with Crippen LogP contribution < -0.4 is 5.32 Å². The molecule has 0 radical (unpaired) electrons. The normalized spacial score (nSPS) is 11.9. The molecule has 8 heteroatoms. The molecule has 0 saturated heterocycles. The Bertz CT molecular complexity index is 1040. The lowest BCUT2D eigenvalue weighted by Gasteiger charge is -2.14. The number of halogens is 1. The number of para-hydroxylation sites is 1. The fraction of sp³-hybridized carbons (Fsp3) is 0.250. The molecular weight excluding hydrogens is 396 g/mol. The lowest BCUT2D eigenvalue weighted by Crippen LogP contribution is -2.23. The van der Waals surface area contributed by atoms with Gasteiger partial charge in [-0.2, -0.15) is 5.26 Å². The molecule has 6 nitrogen and oxygen atoms in total. The van der Waals surface area contributed by atoms with E-state index in [2.05, 4.69) is 16.4 Å². The first-order valence-corrected chi connectivity index (χ1v) is 9.90. The summed E-state index contributed by atoms with van der Waals surface area (Å²) in [5, 5.41) is 12.9. The van der Waals surface area contributed by atoms with Crippen molar-refractivity contribution in [2.45, 2.75) is 23.9 Å². The molecular formula is C20H19ClN4O2S. The molecule has 2 aromatic carbocycles. The summed E-state index contributed by atoms with van der Waals surface area (Å²) in [7, 11) is 1.64. The number of fused-ring (bicyclic) bond motifs is 1. The Morgan fingerprint density at radius 1 is 1.39 bits per heavy atom. The summed E-state index contributed by atoms with van der Waals surface area (Å²) in [4.78, 5) is 17.3. The van der Waals surface area contributed by atoms with Crippen LogP contribution in [-0.2, 0) is 16.1 Å². The number of hydrogen-bond acceptors (Lipinski definition) is 5. The van der Waals surface area contributed by atoms with Crippen molar-refractivity contribution in [1.29, 1.82) is 5.26 Å². The lowest BCUT2D eigenvalue weighted by atomic mass is 10.2. The van der Waals surface area contributed by atoms with E-state index < -0.39 is 5.25 Å². The minimum Gasteiger partial charge on any atom is -0.383 e. The molecule has 0 fully saturated rings. The number of nitriles is 1. The van der Waals surface area contributed by atoms with Crippen LogP contribution in [0.3, 0.4) is 0 Å². The van der Waals surface area contributed by atoms with Crippen LogP contribution in [0.5, 0.6) is 0 Å². The number of rotatable bonds is 7. The summed E-state index contributed by atoms with van der Waals surface area (Å²) < 4.78 is 7.23. The molecule has 0 bridgehead atoms. The number of benzene rings is 2. The van der Waals surface area contributed by atoms with E-state index in [1.807, 2.05) is 23.6 Å². The monoisotopic (exact) mass is 414 g/mol. The van der Waals surface area contributed by atoms with Gasteiger partial charge < -0.3 is 14.6 Å². The summed E-state index contributed by atoms with van der Waals surface area (Å²) in [6.45, 7) is 2.95. The summed E-state index contributed by atoms with van der Waals surface area (Å²) in [5.41, 5.74) is 2.64. The van der Waals surface area contributed by atoms with E-state index in [1.165, 1.54) is 11.8 Å². The van der Waals surface area contributed by atoms with Gasteiger partial charge in [-0.25, -0.2) is 4.98 Å². The van der Waals surface area contributed by atoms with Gasteiger partial charge in [0.2, 0.25) is 5.91 Å². The van der Waals surface area contributed by atoms with E-state index in [1.54, 1.807) is 37.4 Å². The number of anilines is 1. The van der Waals surface area contributed by atoms with E-state index >= 15 is 0 Å². The number of carbonyl (C=O) groups excluding carboxylic acids is 1. The Hall–Kier alpha value is -2.53. The highest BCUT2D eigenvalue weighted by Crippen LogP contribution is 2.29. The molecule has 0 unspecified atom stereocenters. The Morgan fingerprint density at radius 3 is 2.93 bits per heavy atom. The second-order valence-electron chi connectivity index (χ2n) is 6.08. The number of hydrogen-bond donors (Lipinski definition) is 1. The minimum atomic E-state index is -0.416. The van der Waals surface area contributed by atoms with Gasteiger partial charge in [0, 0.05) is 18.7 Å². The van der Waals surface area contributed by atoms with Gasteiger partial charge in [-0.05, 0) is 37.3 Å². The van der Waals surface area contributed by atoms with Crippen LogP contribution in [-0.4, -0.2) is 34.4 Å². The topological polar surface area (TPSA) is 79.9 Å². The molecule has 1 atom stereocenters. The van der Waals surface area contributed by atoms with E-state index in [9.17, 15) is 10.1 Å². The molecule has 1 N–H and O–H groups in total. The van der Waals surface area contributed by atoms with Gasteiger partial charge in [0.15, 0.2) is 5.16 Å². The van der Waals surface area contributed by atoms with Gasteiger partial charge in [0.1, 0.15) is 6.07 Å². The van der Waals surface area contributed by atoms with Gasteiger partial charge in [0.05, 0.1) is 34.1 Å². The van der Waals surface area contributed by atoms with E-state index in [0.717, 1.165) is 11.0 Å². The van der Waals surface area contributed by atoms with E-state index in [-0.39, 0.29) is 5.91 Å². The maximum Gasteiger partial charge on any atom is 0.237 e. The van der Waals surface area contributed by atoms with Crippen molar-refractivity contribution in [3.05, 3.63) is 53.1 Å². The summed E-state index contributed by atoms with van der Waals surface area (Å²) >= 11 is 7.44. The van der Waals surface area contributed by atoms with E-state index in [0.29, 0.717) is 34.6 Å². The van der Waals surface area contributed by atoms with Crippen molar-refractivity contribution in [2.24, 2.45) is 0 Å². The quantitative estimate of drug-likeness (QED) is 0.582. The second-order valence-corrected chi connectivity index (χ2v) is 7.82. The number of nitrogens with zero attached hydrogens (tertiary/aromatic N) is 3. The van der Waals surface area contributed by atoms with Crippen molar-refractivity contribution >= 4 is 46.0 Å². The molecule has 1 aromatic heterocycles. The van der Waals surface area contributed by atoms with Crippen LogP contribution in [0.4, 0.5) is 5.69 Å². The number of amides is 1. The summed E-state index contributed by atoms with van der Waals surface area (Å²) in [6, 6.07) is 14.5. The fourth-order valence-electron chi connectivity index (χ4n) is 2.71. The van der Waals surface area contributed by atoms with Crippen molar-refractivity contribution in [1.82, 2.24) is 9.55 Å². The zero-order valence-electron chi connectivity index (χ0n) is 15.5. The van der Waals surface area contributed by atoms with Gasteiger partial charge in [0.25, 0.3) is 0 Å². The first kappa shape index (κ1) is 20.2. The second kappa shape index (κ2) is 9.11. The maximum atomic E-state index is 12.7. The lowest BCUT2D eigenvalue weighted by molar-refractivity contribution is -0.115. The Balaban J connectivity index is 1.82. The van der Waals surface area contributed by atoms with Crippen LogP contribution >= 0.6 is 23.4 Å². The van der Waals surface area contributed by atoms with Crippen LogP contribution in [0.25, 0.3) is 11.0 Å². The number of ether oxygens (including phenoxy) is 1. The third-order valence-corrected chi connectivity index (χ3v) is 5.48. The molecule has 0 aliphatic heterocycles. The van der Waals surface area contributed by atoms with Crippen LogP contribution in [0.2, 0.25) is 5.02 Å². The molecule has 3 rings (SSSR count). The number of nitrogens with one attached hydrogen (secondary N) is 1. The molecule has 0 aliphatic carbocycles. The number of carbonyl (C=O) groups is 1. The average molecular weight is 415 g/mol. The number of methoxy groups -OCH3 is 1. The molecule has 0 saturated carbocycles. The van der Waals surface area contributed by atoms with Gasteiger partial charge in [-0.3, -0.25) is 4.79 Å². The standard InChI is InChI=1S/C20H19ClN4O2S/c1-13(19(26)23-16-6-4-3-5-14(16)12-22)28-20-24-17-11-15(21)7-8-18(17)25(20)9-10-27-2/h3-8,11,13H,9-10H2,1-2H3,(H,23,26)/t13-/m0/s1. The SMILES string of the molecule is COCCn1c(S[C@@H](C)C(=O)Nc2ccccc2C#N)nc2cc(Cl)ccc21. The smallest absolute Gasteiger partial charge is 0.237 e. The van der Waals surface area contributed by atoms with Crippen molar-refractivity contribution in [2.75, 3.05) is 19.0 Å². The number of aromatic nitrogens is 2. The maximum absolute atomic E-state index is 12.7. The predicted molar refractivity (Wildman–Crippen MR) is 112 cm³/mol. The highest BCUT2D eigenvalue weighted by atomic mass is 35.5. The summed E-state index contributed by atoms with van der Waals surface area (Å²) in [5.74, 6) is -0.198. The number of thioether (sulfide) groups is 1. The average Bonchev–Trinajstić information content (AvgIpc) is 3.02. The molecule has 1 amide bonds. The number of imidazole rings is 1. The summed E-state index contributed by atoms with van der Waals surface area (Å²) in [6.07, 6.45) is 0. The molecule has 0 aliphatic rings. The van der Waals surface area contributed by atoms with Crippen molar-refractivity contribution in [3.8, 4) is 6.07 Å². The van der Waals surface area contributed by atoms with Gasteiger partial charge >= 0.3 is 0 Å². The Morgan fingerprint density at radius 2 is 2.18 bits per heavy atom. The molecule has 0 spiro atoms. The molecule has 3 aromatic rings. The predicted octanol–water partition coefficient (Wildman–Crippen LogP) is 4.33. The largest absolute Gasteiger partial charge is 0.383 e.